The van der Waals surface area contributed by atoms with Crippen molar-refractivity contribution in [3.8, 4) is 0 Å². The van der Waals surface area contributed by atoms with Gasteiger partial charge >= 0.3 is 0 Å². The van der Waals surface area contributed by atoms with E-state index in [2.05, 4.69) is 6.58 Å². The molecule has 0 atom stereocenters. The Morgan fingerprint density at radius 3 is 2.74 bits per heavy atom. The molecule has 2 aromatic rings. The van der Waals surface area contributed by atoms with Crippen molar-refractivity contribution in [2.75, 3.05) is 0 Å². The minimum Gasteiger partial charge on any atom is -0.342 e. The van der Waals surface area contributed by atoms with Gasteiger partial charge in [0, 0.05) is 23.4 Å². The smallest absolute Gasteiger partial charge is 0.263 e. The van der Waals surface area contributed by atoms with Crippen LogP contribution in [0.25, 0.3) is 10.9 Å². The number of fused-ring (bicyclic) bond motifs is 1. The molecule has 0 amide bonds. The fraction of sp³-hybridized carbons (Fsp3) is 0.231. The van der Waals surface area contributed by atoms with Gasteiger partial charge in [0.1, 0.15) is 10.7 Å². The lowest BCUT2D eigenvalue weighted by Gasteiger charge is -2.06. The van der Waals surface area contributed by atoms with Gasteiger partial charge in [-0.2, -0.15) is 0 Å². The van der Waals surface area contributed by atoms with E-state index in [4.69, 9.17) is 10.7 Å². The fourth-order valence-corrected chi connectivity index (χ4v) is 2.99. The standard InChI is InChI=1S/C13H13ClFNO2S/c1-3-9(2)7-16-8-12(19(14,17)18)13-10(15)5-4-6-11(13)16/h4-6,8H,2-3,7H2,1H3. The zero-order chi connectivity index (χ0) is 14.2. The summed E-state index contributed by atoms with van der Waals surface area (Å²) in [5.41, 5.74) is 1.41. The number of aromatic nitrogens is 1. The van der Waals surface area contributed by atoms with Gasteiger partial charge < -0.3 is 4.57 Å². The van der Waals surface area contributed by atoms with Gasteiger partial charge in [0.15, 0.2) is 0 Å². The summed E-state index contributed by atoms with van der Waals surface area (Å²) in [6, 6.07) is 4.41. The zero-order valence-corrected chi connectivity index (χ0v) is 11.9. The van der Waals surface area contributed by atoms with Gasteiger partial charge in [-0.3, -0.25) is 0 Å². The number of halogens is 2. The van der Waals surface area contributed by atoms with Crippen LogP contribution in [0.15, 0.2) is 41.4 Å². The highest BCUT2D eigenvalue weighted by atomic mass is 35.7. The maximum absolute atomic E-state index is 13.9. The van der Waals surface area contributed by atoms with Crippen molar-refractivity contribution < 1.29 is 12.8 Å². The first-order valence-electron chi connectivity index (χ1n) is 5.73. The molecule has 0 N–H and O–H groups in total. The van der Waals surface area contributed by atoms with Crippen LogP contribution in [0.2, 0.25) is 0 Å². The third kappa shape index (κ3) is 2.67. The second kappa shape index (κ2) is 4.98. The molecule has 0 aliphatic heterocycles. The van der Waals surface area contributed by atoms with Crippen LogP contribution in [-0.2, 0) is 15.6 Å². The summed E-state index contributed by atoms with van der Waals surface area (Å²) in [7, 11) is 1.37. The molecular formula is C13H13ClFNO2S. The molecule has 0 saturated carbocycles. The van der Waals surface area contributed by atoms with Gasteiger partial charge in [0.25, 0.3) is 9.05 Å². The van der Waals surface area contributed by atoms with E-state index in [0.717, 1.165) is 12.0 Å². The van der Waals surface area contributed by atoms with E-state index in [9.17, 15) is 12.8 Å². The topological polar surface area (TPSA) is 39.1 Å². The molecule has 1 aromatic carbocycles. The van der Waals surface area contributed by atoms with Gasteiger partial charge in [0.2, 0.25) is 0 Å². The van der Waals surface area contributed by atoms with E-state index in [1.54, 1.807) is 10.6 Å². The minimum absolute atomic E-state index is 0.0291. The number of hydrogen-bond donors (Lipinski definition) is 0. The van der Waals surface area contributed by atoms with Crippen molar-refractivity contribution in [1.29, 1.82) is 0 Å². The first-order valence-corrected chi connectivity index (χ1v) is 8.04. The van der Waals surface area contributed by atoms with Crippen molar-refractivity contribution in [2.45, 2.75) is 24.8 Å². The summed E-state index contributed by atoms with van der Waals surface area (Å²) < 4.78 is 38.6. The number of benzene rings is 1. The van der Waals surface area contributed by atoms with E-state index in [1.165, 1.54) is 18.3 Å². The lowest BCUT2D eigenvalue weighted by Crippen LogP contribution is -1.98. The van der Waals surface area contributed by atoms with E-state index in [-0.39, 0.29) is 10.3 Å². The summed E-state index contributed by atoms with van der Waals surface area (Å²) >= 11 is 0. The Hall–Kier alpha value is -1.33. The van der Waals surface area contributed by atoms with E-state index < -0.39 is 14.9 Å². The first kappa shape index (κ1) is 14.1. The Balaban J connectivity index is 2.74. The lowest BCUT2D eigenvalue weighted by atomic mass is 10.2. The Bertz CT molecular complexity index is 749. The molecule has 19 heavy (non-hydrogen) atoms. The van der Waals surface area contributed by atoms with Crippen molar-refractivity contribution in [3.05, 3.63) is 42.4 Å². The zero-order valence-electron chi connectivity index (χ0n) is 10.4. The van der Waals surface area contributed by atoms with Gasteiger partial charge in [-0.15, -0.1) is 0 Å². The summed E-state index contributed by atoms with van der Waals surface area (Å²) in [6.07, 6.45) is 2.12. The van der Waals surface area contributed by atoms with E-state index >= 15 is 0 Å². The second-order valence-corrected chi connectivity index (χ2v) is 6.83. The molecule has 6 heteroatoms. The maximum Gasteiger partial charge on any atom is 0.263 e. The average molecular weight is 302 g/mol. The van der Waals surface area contributed by atoms with Crippen LogP contribution in [0, 0.1) is 5.82 Å². The highest BCUT2D eigenvalue weighted by Gasteiger charge is 2.21. The van der Waals surface area contributed by atoms with Crippen LogP contribution in [0.1, 0.15) is 13.3 Å². The van der Waals surface area contributed by atoms with Crippen LogP contribution in [0.5, 0.6) is 0 Å². The largest absolute Gasteiger partial charge is 0.342 e. The molecule has 0 aliphatic rings. The molecule has 0 bridgehead atoms. The average Bonchev–Trinajstić information content (AvgIpc) is 2.69. The van der Waals surface area contributed by atoms with Crippen LogP contribution in [-0.4, -0.2) is 13.0 Å². The maximum atomic E-state index is 13.9. The molecule has 0 aliphatic carbocycles. The van der Waals surface area contributed by atoms with Crippen molar-refractivity contribution in [3.63, 3.8) is 0 Å². The van der Waals surface area contributed by atoms with E-state index in [1.807, 2.05) is 6.92 Å². The Morgan fingerprint density at radius 1 is 1.47 bits per heavy atom. The summed E-state index contributed by atoms with van der Waals surface area (Å²) in [5.74, 6) is -0.599. The van der Waals surface area contributed by atoms with Gasteiger partial charge in [-0.25, -0.2) is 12.8 Å². The van der Waals surface area contributed by atoms with E-state index in [0.29, 0.717) is 12.1 Å². The monoisotopic (exact) mass is 301 g/mol. The molecule has 0 unspecified atom stereocenters. The van der Waals surface area contributed by atoms with Crippen LogP contribution in [0.3, 0.4) is 0 Å². The third-order valence-electron chi connectivity index (χ3n) is 2.98. The van der Waals surface area contributed by atoms with Crippen LogP contribution >= 0.6 is 10.7 Å². The lowest BCUT2D eigenvalue weighted by molar-refractivity contribution is 0.607. The Labute approximate surface area is 115 Å². The minimum atomic E-state index is -3.99. The summed E-state index contributed by atoms with van der Waals surface area (Å²) in [6.45, 7) is 6.26. The summed E-state index contributed by atoms with van der Waals surface area (Å²) in [4.78, 5) is -0.203. The number of nitrogens with zero attached hydrogens (tertiary/aromatic N) is 1. The highest BCUT2D eigenvalue weighted by molar-refractivity contribution is 8.14. The predicted octanol–water partition coefficient (Wildman–Crippen LogP) is 3.67. The molecular weight excluding hydrogens is 289 g/mol. The number of allylic oxidation sites excluding steroid dienone is 1. The van der Waals surface area contributed by atoms with Crippen molar-refractivity contribution in [1.82, 2.24) is 4.57 Å². The summed E-state index contributed by atoms with van der Waals surface area (Å²) in [5, 5.41) is 0.0291. The number of hydrogen-bond acceptors (Lipinski definition) is 2. The number of rotatable bonds is 4. The first-order chi connectivity index (χ1) is 8.84. The van der Waals surface area contributed by atoms with Crippen LogP contribution in [0.4, 0.5) is 4.39 Å². The third-order valence-corrected chi connectivity index (χ3v) is 4.31. The quantitative estimate of drug-likeness (QED) is 0.638. The fourth-order valence-electron chi connectivity index (χ4n) is 1.94. The second-order valence-electron chi connectivity index (χ2n) is 4.30. The predicted molar refractivity (Wildman–Crippen MR) is 74.4 cm³/mol. The molecule has 3 nitrogen and oxygen atoms in total. The molecule has 102 valence electrons. The molecule has 1 heterocycles. The molecule has 1 aromatic heterocycles. The normalized spacial score (nSPS) is 11.9. The van der Waals surface area contributed by atoms with Gasteiger partial charge in [-0.05, 0) is 18.6 Å². The van der Waals surface area contributed by atoms with Gasteiger partial charge in [0.05, 0.1) is 10.9 Å². The molecule has 0 radical (unpaired) electrons. The van der Waals surface area contributed by atoms with Crippen molar-refractivity contribution in [2.24, 2.45) is 0 Å². The Morgan fingerprint density at radius 2 is 2.16 bits per heavy atom. The van der Waals surface area contributed by atoms with Crippen molar-refractivity contribution >= 4 is 30.6 Å². The molecule has 0 spiro atoms. The Kier molecular flexibility index (Phi) is 3.69. The molecule has 0 fully saturated rings. The SMILES string of the molecule is C=C(CC)Cn1cc(S(=O)(=O)Cl)c2c(F)cccc21. The molecule has 2 rings (SSSR count). The highest BCUT2D eigenvalue weighted by Crippen LogP contribution is 2.30. The van der Waals surface area contributed by atoms with Gasteiger partial charge in [-0.1, -0.05) is 25.1 Å². The molecule has 0 saturated heterocycles. The van der Waals surface area contributed by atoms with Crippen LogP contribution < -0.4 is 0 Å².